The molecule has 3 heteroatoms. The van der Waals surface area contributed by atoms with Gasteiger partial charge in [-0.1, -0.05) is 134 Å². The third kappa shape index (κ3) is 3.88. The van der Waals surface area contributed by atoms with Crippen molar-refractivity contribution < 1.29 is 0 Å². The monoisotopic (exact) mass is 718 g/mol. The molecule has 0 fully saturated rings. The summed E-state index contributed by atoms with van der Waals surface area (Å²) in [4.78, 5) is 0. The van der Waals surface area contributed by atoms with Crippen LogP contribution in [0.25, 0.3) is 81.3 Å². The minimum absolute atomic E-state index is 0.410. The number of fused-ring (bicyclic) bond motifs is 15. The van der Waals surface area contributed by atoms with E-state index in [-0.39, 0.29) is 0 Å². The van der Waals surface area contributed by atoms with Crippen LogP contribution in [0.4, 0.5) is 0 Å². The molecule has 2 nitrogen and oxygen atoms in total. The quantitative estimate of drug-likeness (QED) is 0.160. The number of thiophene rings is 1. The Morgan fingerprint density at radius 2 is 1.20 bits per heavy atom. The van der Waals surface area contributed by atoms with Crippen molar-refractivity contribution >= 4 is 64.7 Å². The fraction of sp³-hybridized carbons (Fsp3) is 0.0385. The van der Waals surface area contributed by atoms with Gasteiger partial charge in [-0.2, -0.15) is 0 Å². The predicted molar refractivity (Wildman–Crippen MR) is 234 cm³/mol. The van der Waals surface area contributed by atoms with E-state index in [0.29, 0.717) is 0 Å². The standard InChI is InChI=1S/C52H34N2S/c1-3-4-19-41-32(2)39-31-34(27-28-44(39)52(41)42-20-9-5-15-35(42)36-16-6-10-21-43(36)52)53-46-23-12-13-24-47(46)54-45-22-11-7-18-38(45)50(51(53)54)33-26-29-49-40(30-33)37-17-8-14-25-48(37)55-49/h3-31H,1H2,2H3/b19-4-. The maximum atomic E-state index is 4.07. The van der Waals surface area contributed by atoms with Gasteiger partial charge in [0.2, 0.25) is 0 Å². The SMILES string of the molecule is C=C/C=C\C1=C(C)c2cc(-n3c4ccccc4n4c5ccccc5c(-c5ccc6sc7ccccc7c6c5)c34)ccc2C12c1ccccc1-c1ccccc12. The van der Waals surface area contributed by atoms with Crippen LogP contribution in [0.3, 0.4) is 0 Å². The van der Waals surface area contributed by atoms with Crippen LogP contribution in [-0.4, -0.2) is 8.97 Å². The maximum absolute atomic E-state index is 4.07. The average Bonchev–Trinajstić information content (AvgIpc) is 4.00. The number of hydrogen-bond donors (Lipinski definition) is 0. The molecule has 0 atom stereocenters. The van der Waals surface area contributed by atoms with Gasteiger partial charge in [-0.05, 0) is 106 Å². The summed E-state index contributed by atoms with van der Waals surface area (Å²) >= 11 is 1.87. The molecule has 0 saturated carbocycles. The number of allylic oxidation sites excluding steroid dienone is 5. The molecule has 0 radical (unpaired) electrons. The summed E-state index contributed by atoms with van der Waals surface area (Å²) in [5, 5.41) is 3.88. The van der Waals surface area contributed by atoms with Gasteiger partial charge in [0.25, 0.3) is 0 Å². The number of benzene rings is 7. The minimum atomic E-state index is -0.410. The van der Waals surface area contributed by atoms with Crippen molar-refractivity contribution in [2.24, 2.45) is 0 Å². The van der Waals surface area contributed by atoms with E-state index < -0.39 is 5.41 Å². The summed E-state index contributed by atoms with van der Waals surface area (Å²) < 4.78 is 7.63. The van der Waals surface area contributed by atoms with Crippen LogP contribution in [0, 0.1) is 0 Å². The normalized spacial score (nSPS) is 14.3. The Bertz CT molecular complexity index is 3310. The van der Waals surface area contributed by atoms with Crippen LogP contribution < -0.4 is 0 Å². The highest BCUT2D eigenvalue weighted by Gasteiger charge is 2.51. The van der Waals surface area contributed by atoms with Gasteiger partial charge in [-0.3, -0.25) is 8.97 Å². The first-order valence-corrected chi connectivity index (χ1v) is 19.8. The molecule has 0 aliphatic heterocycles. The van der Waals surface area contributed by atoms with Crippen molar-refractivity contribution in [3.63, 3.8) is 0 Å². The van der Waals surface area contributed by atoms with E-state index in [1.54, 1.807) is 0 Å². The Balaban J connectivity index is 1.18. The molecular formula is C52H34N2S. The zero-order valence-corrected chi connectivity index (χ0v) is 31.1. The molecule has 0 N–H and O–H groups in total. The predicted octanol–water partition coefficient (Wildman–Crippen LogP) is 13.9. The van der Waals surface area contributed by atoms with Crippen molar-refractivity contribution in [1.29, 1.82) is 0 Å². The second-order valence-corrected chi connectivity index (χ2v) is 16.0. The number of para-hydroxylation sites is 3. The van der Waals surface area contributed by atoms with E-state index in [4.69, 9.17) is 0 Å². The maximum Gasteiger partial charge on any atom is 0.131 e. The summed E-state index contributed by atoms with van der Waals surface area (Å²) in [5.74, 6) is 0. The zero-order chi connectivity index (χ0) is 36.4. The molecule has 2 aliphatic rings. The summed E-state index contributed by atoms with van der Waals surface area (Å²) in [7, 11) is 0. The first-order valence-electron chi connectivity index (χ1n) is 19.0. The van der Waals surface area contributed by atoms with Crippen LogP contribution in [0.2, 0.25) is 0 Å². The van der Waals surface area contributed by atoms with Crippen LogP contribution in [0.15, 0.2) is 188 Å². The molecule has 7 aromatic carbocycles. The van der Waals surface area contributed by atoms with Gasteiger partial charge >= 0.3 is 0 Å². The van der Waals surface area contributed by atoms with E-state index in [2.05, 4.69) is 192 Å². The highest BCUT2D eigenvalue weighted by molar-refractivity contribution is 7.25. The zero-order valence-electron chi connectivity index (χ0n) is 30.3. The molecule has 0 amide bonds. The van der Waals surface area contributed by atoms with Gasteiger partial charge in [0.05, 0.1) is 22.0 Å². The minimum Gasteiger partial charge on any atom is -0.293 e. The molecule has 10 aromatic rings. The van der Waals surface area contributed by atoms with Gasteiger partial charge < -0.3 is 0 Å². The Kier molecular flexibility index (Phi) is 6.25. The average molecular weight is 719 g/mol. The highest BCUT2D eigenvalue weighted by Crippen LogP contribution is 2.62. The summed E-state index contributed by atoms with van der Waals surface area (Å²) in [6.07, 6.45) is 6.30. The number of rotatable bonds is 4. The molecule has 2 aliphatic carbocycles. The largest absolute Gasteiger partial charge is 0.293 e. The molecule has 3 heterocycles. The Morgan fingerprint density at radius 3 is 1.98 bits per heavy atom. The molecule has 0 bridgehead atoms. The molecule has 12 rings (SSSR count). The van der Waals surface area contributed by atoms with Crippen LogP contribution >= 0.6 is 11.3 Å². The fourth-order valence-corrected chi connectivity index (χ4v) is 11.3. The third-order valence-corrected chi connectivity index (χ3v) is 13.5. The van der Waals surface area contributed by atoms with E-state index in [1.165, 1.54) is 103 Å². The third-order valence-electron chi connectivity index (χ3n) is 12.3. The molecule has 258 valence electrons. The van der Waals surface area contributed by atoms with Crippen molar-refractivity contribution in [1.82, 2.24) is 8.97 Å². The second-order valence-electron chi connectivity index (χ2n) is 14.9. The Hall–Kier alpha value is -6.68. The number of imidazole rings is 1. The smallest absolute Gasteiger partial charge is 0.131 e. The summed E-state index contributed by atoms with van der Waals surface area (Å²) in [5.41, 5.74) is 18.5. The number of aromatic nitrogens is 2. The topological polar surface area (TPSA) is 9.34 Å². The van der Waals surface area contributed by atoms with Crippen molar-refractivity contribution in [2.75, 3.05) is 0 Å². The number of hydrogen-bond acceptors (Lipinski definition) is 1. The van der Waals surface area contributed by atoms with Crippen molar-refractivity contribution in [3.05, 3.63) is 210 Å². The molecule has 55 heavy (non-hydrogen) atoms. The summed E-state index contributed by atoms with van der Waals surface area (Å²) in [6, 6.07) is 58.8. The van der Waals surface area contributed by atoms with Crippen LogP contribution in [0.1, 0.15) is 29.2 Å². The Morgan fingerprint density at radius 1 is 0.564 bits per heavy atom. The lowest BCUT2D eigenvalue weighted by atomic mass is 9.69. The van der Waals surface area contributed by atoms with Gasteiger partial charge in [0, 0.05) is 36.8 Å². The molecule has 1 spiro atoms. The van der Waals surface area contributed by atoms with Crippen molar-refractivity contribution in [3.8, 4) is 27.9 Å². The van der Waals surface area contributed by atoms with E-state index in [9.17, 15) is 0 Å². The molecule has 0 saturated heterocycles. The molecule has 0 unspecified atom stereocenters. The van der Waals surface area contributed by atoms with Gasteiger partial charge in [0.1, 0.15) is 5.65 Å². The lowest BCUT2D eigenvalue weighted by molar-refractivity contribution is 0.785. The van der Waals surface area contributed by atoms with Crippen LogP contribution in [-0.2, 0) is 5.41 Å². The fourth-order valence-electron chi connectivity index (χ4n) is 10.2. The highest BCUT2D eigenvalue weighted by atomic mass is 32.1. The molecular weight excluding hydrogens is 685 g/mol. The first kappa shape index (κ1) is 30.7. The van der Waals surface area contributed by atoms with Crippen molar-refractivity contribution in [2.45, 2.75) is 12.3 Å². The van der Waals surface area contributed by atoms with E-state index >= 15 is 0 Å². The lowest BCUT2D eigenvalue weighted by Gasteiger charge is -2.31. The summed E-state index contributed by atoms with van der Waals surface area (Å²) in [6.45, 7) is 6.38. The second kappa shape index (κ2) is 11.2. The van der Waals surface area contributed by atoms with E-state index in [0.717, 1.165) is 5.69 Å². The molecule has 3 aromatic heterocycles. The van der Waals surface area contributed by atoms with Gasteiger partial charge in [-0.15, -0.1) is 11.3 Å². The lowest BCUT2D eigenvalue weighted by Crippen LogP contribution is -2.26. The van der Waals surface area contributed by atoms with Crippen LogP contribution in [0.5, 0.6) is 0 Å². The first-order chi connectivity index (χ1) is 27.2. The number of nitrogens with zero attached hydrogens (tertiary/aromatic N) is 2. The van der Waals surface area contributed by atoms with Gasteiger partial charge in [0.15, 0.2) is 0 Å². The van der Waals surface area contributed by atoms with Gasteiger partial charge in [-0.25, -0.2) is 0 Å². The Labute approximate surface area is 322 Å². The van der Waals surface area contributed by atoms with E-state index in [1.807, 2.05) is 17.4 Å².